The number of ether oxygens (including phenoxy) is 1. The fourth-order valence-electron chi connectivity index (χ4n) is 3.01. The number of benzene rings is 2. The Labute approximate surface area is 197 Å². The van der Waals surface area contributed by atoms with Gasteiger partial charge in [0.1, 0.15) is 5.75 Å². The largest absolute Gasteiger partial charge is 0.495 e. The summed E-state index contributed by atoms with van der Waals surface area (Å²) in [4.78, 5) is 12.7. The summed E-state index contributed by atoms with van der Waals surface area (Å²) < 4.78 is 6.74. The molecule has 3 rings (SSSR count). The fourth-order valence-corrected chi connectivity index (χ4v) is 4.61. The number of nitrogens with zero attached hydrogens (tertiary/aromatic N) is 1. The molecule has 156 valence electrons. The van der Waals surface area contributed by atoms with E-state index in [0.717, 1.165) is 33.5 Å². The van der Waals surface area contributed by atoms with Gasteiger partial charge in [-0.2, -0.15) is 5.10 Å². The first-order chi connectivity index (χ1) is 14.3. The zero-order valence-electron chi connectivity index (χ0n) is 16.6. The van der Waals surface area contributed by atoms with Gasteiger partial charge >= 0.3 is 0 Å². The quantitative estimate of drug-likeness (QED) is 0.376. The predicted molar refractivity (Wildman–Crippen MR) is 129 cm³/mol. The SMILES string of the molecule is COc1c(Br)cc(Br)cc1C(=O)NC(=S)Nc1ccc(Cc2c(C)n[nH]c2C)cc1. The third kappa shape index (κ3) is 5.27. The molecule has 1 heterocycles. The Morgan fingerprint density at radius 3 is 2.50 bits per heavy atom. The van der Waals surface area contributed by atoms with Crippen LogP contribution in [-0.4, -0.2) is 28.3 Å². The van der Waals surface area contributed by atoms with E-state index in [0.29, 0.717) is 15.8 Å². The third-order valence-electron chi connectivity index (χ3n) is 4.56. The van der Waals surface area contributed by atoms with E-state index in [1.165, 1.54) is 12.7 Å². The molecule has 1 aromatic heterocycles. The molecule has 0 saturated carbocycles. The molecule has 30 heavy (non-hydrogen) atoms. The fraction of sp³-hybridized carbons (Fsp3) is 0.190. The van der Waals surface area contributed by atoms with Gasteiger partial charge in [-0.1, -0.05) is 28.1 Å². The van der Waals surface area contributed by atoms with Crippen molar-refractivity contribution in [3.63, 3.8) is 0 Å². The van der Waals surface area contributed by atoms with Crippen molar-refractivity contribution in [1.82, 2.24) is 15.5 Å². The van der Waals surface area contributed by atoms with Gasteiger partial charge in [0.05, 0.1) is 22.8 Å². The van der Waals surface area contributed by atoms with E-state index in [9.17, 15) is 4.79 Å². The van der Waals surface area contributed by atoms with Crippen LogP contribution in [0.1, 0.15) is 32.9 Å². The van der Waals surface area contributed by atoms with Crippen molar-refractivity contribution in [3.05, 3.63) is 73.4 Å². The number of rotatable bonds is 5. The molecule has 3 N–H and O–H groups in total. The zero-order chi connectivity index (χ0) is 21.8. The Morgan fingerprint density at radius 1 is 1.20 bits per heavy atom. The van der Waals surface area contributed by atoms with Crippen LogP contribution in [0, 0.1) is 13.8 Å². The number of hydrogen-bond acceptors (Lipinski definition) is 4. The molecular weight excluding hydrogens is 532 g/mol. The van der Waals surface area contributed by atoms with E-state index in [-0.39, 0.29) is 11.0 Å². The van der Waals surface area contributed by atoms with Gasteiger partial charge in [-0.15, -0.1) is 0 Å². The summed E-state index contributed by atoms with van der Waals surface area (Å²) in [5.41, 5.74) is 5.59. The van der Waals surface area contributed by atoms with Crippen LogP contribution >= 0.6 is 44.1 Å². The molecule has 9 heteroatoms. The minimum atomic E-state index is -0.367. The number of carbonyl (C=O) groups excluding carboxylic acids is 1. The van der Waals surface area contributed by atoms with Crippen LogP contribution < -0.4 is 15.4 Å². The van der Waals surface area contributed by atoms with Crippen molar-refractivity contribution in [2.24, 2.45) is 0 Å². The number of H-pyrrole nitrogens is 1. The molecule has 6 nitrogen and oxygen atoms in total. The summed E-state index contributed by atoms with van der Waals surface area (Å²) in [6.07, 6.45) is 0.799. The maximum absolute atomic E-state index is 12.7. The molecule has 2 aromatic carbocycles. The van der Waals surface area contributed by atoms with Crippen molar-refractivity contribution in [1.29, 1.82) is 0 Å². The Hall–Kier alpha value is -2.23. The van der Waals surface area contributed by atoms with Crippen molar-refractivity contribution < 1.29 is 9.53 Å². The van der Waals surface area contributed by atoms with Crippen LogP contribution in [0.4, 0.5) is 5.69 Å². The van der Waals surface area contributed by atoms with Crippen molar-refractivity contribution in [3.8, 4) is 5.75 Å². The van der Waals surface area contributed by atoms with E-state index in [1.54, 1.807) is 12.1 Å². The molecule has 1 amide bonds. The summed E-state index contributed by atoms with van der Waals surface area (Å²) >= 11 is 12.1. The molecule has 0 aliphatic rings. The molecule has 0 fully saturated rings. The molecule has 0 aliphatic carbocycles. The highest BCUT2D eigenvalue weighted by molar-refractivity contribution is 9.11. The summed E-state index contributed by atoms with van der Waals surface area (Å²) in [5, 5.41) is 13.2. The third-order valence-corrected chi connectivity index (χ3v) is 5.81. The Bertz CT molecular complexity index is 1080. The van der Waals surface area contributed by atoms with Crippen molar-refractivity contribution >= 4 is 60.8 Å². The second-order valence-corrected chi connectivity index (χ2v) is 8.84. The number of aryl methyl sites for hydroxylation is 2. The maximum atomic E-state index is 12.7. The van der Waals surface area contributed by atoms with Crippen molar-refractivity contribution in [2.45, 2.75) is 20.3 Å². The number of amides is 1. The highest BCUT2D eigenvalue weighted by Gasteiger charge is 2.17. The average Bonchev–Trinajstić information content (AvgIpc) is 3.00. The van der Waals surface area contributed by atoms with E-state index in [1.807, 2.05) is 38.1 Å². The molecule has 0 radical (unpaired) electrons. The molecule has 0 spiro atoms. The second-order valence-electron chi connectivity index (χ2n) is 6.66. The molecule has 0 aliphatic heterocycles. The van der Waals surface area contributed by atoms with Crippen LogP contribution in [0.15, 0.2) is 45.3 Å². The second kappa shape index (κ2) is 9.72. The van der Waals surface area contributed by atoms with Gasteiger partial charge in [-0.25, -0.2) is 0 Å². The van der Waals surface area contributed by atoms with Gasteiger partial charge < -0.3 is 10.1 Å². The van der Waals surface area contributed by atoms with Crippen LogP contribution in [0.2, 0.25) is 0 Å². The highest BCUT2D eigenvalue weighted by atomic mass is 79.9. The van der Waals surface area contributed by atoms with E-state index >= 15 is 0 Å². The van der Waals surface area contributed by atoms with Gasteiger partial charge in [-0.05, 0) is 71.8 Å². The normalized spacial score (nSPS) is 10.6. The van der Waals surface area contributed by atoms with E-state index in [4.69, 9.17) is 17.0 Å². The lowest BCUT2D eigenvalue weighted by molar-refractivity contribution is 0.0974. The summed E-state index contributed by atoms with van der Waals surface area (Å²) in [7, 11) is 1.51. The van der Waals surface area contributed by atoms with Gasteiger partial charge in [0.2, 0.25) is 0 Å². The minimum Gasteiger partial charge on any atom is -0.495 e. The number of carbonyl (C=O) groups is 1. The lowest BCUT2D eigenvalue weighted by Gasteiger charge is -2.13. The smallest absolute Gasteiger partial charge is 0.261 e. The molecular formula is C21H20Br2N4O2S. The van der Waals surface area contributed by atoms with Gasteiger partial charge in [0.25, 0.3) is 5.91 Å². The van der Waals surface area contributed by atoms with Crippen LogP contribution in [-0.2, 0) is 6.42 Å². The van der Waals surface area contributed by atoms with Gasteiger partial charge in [0, 0.05) is 27.8 Å². The number of thiocarbonyl (C=S) groups is 1. The molecule has 0 saturated heterocycles. The Kier molecular flexibility index (Phi) is 7.27. The molecule has 3 aromatic rings. The summed E-state index contributed by atoms with van der Waals surface area (Å²) in [6, 6.07) is 11.4. The van der Waals surface area contributed by atoms with Gasteiger partial charge in [-0.3, -0.25) is 15.2 Å². The number of hydrogen-bond donors (Lipinski definition) is 3. The summed E-state index contributed by atoms with van der Waals surface area (Å²) in [5.74, 6) is 0.0709. The number of nitrogens with one attached hydrogen (secondary N) is 3. The molecule has 0 atom stereocenters. The van der Waals surface area contributed by atoms with Crippen LogP contribution in [0.3, 0.4) is 0 Å². The standard InChI is InChI=1S/C21H20Br2N4O2S/c1-11-16(12(2)27-26-11)8-13-4-6-15(7-5-13)24-21(30)25-20(28)17-9-14(22)10-18(23)19(17)29-3/h4-7,9-10H,8H2,1-3H3,(H,26,27)(H2,24,25,28,30). The predicted octanol–water partition coefficient (Wildman–Crippen LogP) is 5.28. The Balaban J connectivity index is 1.65. The zero-order valence-corrected chi connectivity index (χ0v) is 20.6. The van der Waals surface area contributed by atoms with Crippen LogP contribution in [0.5, 0.6) is 5.75 Å². The molecule has 0 bridgehead atoms. The first kappa shape index (κ1) is 22.5. The van der Waals surface area contributed by atoms with E-state index < -0.39 is 0 Å². The monoisotopic (exact) mass is 550 g/mol. The lowest BCUT2D eigenvalue weighted by atomic mass is 10.0. The number of halogens is 2. The maximum Gasteiger partial charge on any atom is 0.261 e. The lowest BCUT2D eigenvalue weighted by Crippen LogP contribution is -2.34. The minimum absolute atomic E-state index is 0.201. The first-order valence-electron chi connectivity index (χ1n) is 9.03. The summed E-state index contributed by atoms with van der Waals surface area (Å²) in [6.45, 7) is 4.01. The van der Waals surface area contributed by atoms with E-state index in [2.05, 4.69) is 52.7 Å². The van der Waals surface area contributed by atoms with Gasteiger partial charge in [0.15, 0.2) is 5.11 Å². The number of methoxy groups -OCH3 is 1. The molecule has 0 unspecified atom stereocenters. The average molecular weight is 552 g/mol. The number of aromatic amines is 1. The topological polar surface area (TPSA) is 79.0 Å². The van der Waals surface area contributed by atoms with Crippen LogP contribution in [0.25, 0.3) is 0 Å². The highest BCUT2D eigenvalue weighted by Crippen LogP contribution is 2.32. The first-order valence-corrected chi connectivity index (χ1v) is 11.0. The van der Waals surface area contributed by atoms with Crippen molar-refractivity contribution in [2.75, 3.05) is 12.4 Å². The number of aromatic nitrogens is 2. The number of anilines is 1. The Morgan fingerprint density at radius 2 is 1.90 bits per heavy atom.